The zero-order valence-corrected chi connectivity index (χ0v) is 14.3. The molecule has 3 heteroatoms. The summed E-state index contributed by atoms with van der Waals surface area (Å²) in [4.78, 5) is 2.58. The summed E-state index contributed by atoms with van der Waals surface area (Å²) < 4.78 is 6.34. The molecule has 2 aliphatic heterocycles. The van der Waals surface area contributed by atoms with Crippen molar-refractivity contribution in [3.63, 3.8) is 0 Å². The summed E-state index contributed by atoms with van der Waals surface area (Å²) in [6, 6.07) is 6.57. The van der Waals surface area contributed by atoms with Crippen LogP contribution in [0.4, 0.5) is 0 Å². The van der Waals surface area contributed by atoms with Crippen LogP contribution in [-0.2, 0) is 6.42 Å². The van der Waals surface area contributed by atoms with Crippen molar-refractivity contribution >= 4 is 0 Å². The van der Waals surface area contributed by atoms with Gasteiger partial charge < -0.3 is 15.4 Å². The van der Waals surface area contributed by atoms with Crippen molar-refractivity contribution in [3.05, 3.63) is 29.3 Å². The predicted molar refractivity (Wildman–Crippen MR) is 91.2 cm³/mol. The Morgan fingerprint density at radius 2 is 1.95 bits per heavy atom. The molecule has 2 heterocycles. The molecule has 0 radical (unpaired) electrons. The van der Waals surface area contributed by atoms with Crippen molar-refractivity contribution in [3.8, 4) is 5.75 Å². The van der Waals surface area contributed by atoms with Crippen LogP contribution in [0, 0.1) is 5.92 Å². The number of benzene rings is 1. The maximum absolute atomic E-state index is 6.70. The van der Waals surface area contributed by atoms with Crippen LogP contribution in [0.5, 0.6) is 5.75 Å². The molecule has 2 unspecified atom stereocenters. The van der Waals surface area contributed by atoms with Gasteiger partial charge in [-0.1, -0.05) is 25.5 Å². The summed E-state index contributed by atoms with van der Waals surface area (Å²) in [5.74, 6) is 1.31. The monoisotopic (exact) mass is 302 g/mol. The van der Waals surface area contributed by atoms with E-state index in [0.29, 0.717) is 5.92 Å². The Morgan fingerprint density at radius 3 is 2.64 bits per heavy atom. The summed E-state index contributed by atoms with van der Waals surface area (Å²) in [5.41, 5.74) is 9.03. The van der Waals surface area contributed by atoms with Crippen molar-refractivity contribution < 1.29 is 4.74 Å². The molecule has 0 saturated carbocycles. The van der Waals surface area contributed by atoms with E-state index in [9.17, 15) is 0 Å². The molecule has 1 fully saturated rings. The number of nitrogens with zero attached hydrogens (tertiary/aromatic N) is 1. The first-order valence-electron chi connectivity index (χ1n) is 8.81. The third-order valence-electron chi connectivity index (χ3n) is 5.44. The molecular formula is C19H30N2O. The van der Waals surface area contributed by atoms with Crippen LogP contribution in [0.3, 0.4) is 0 Å². The molecule has 3 nitrogen and oxygen atoms in total. The van der Waals surface area contributed by atoms with Crippen molar-refractivity contribution in [2.75, 3.05) is 19.6 Å². The van der Waals surface area contributed by atoms with Gasteiger partial charge in [-0.25, -0.2) is 0 Å². The molecule has 2 aliphatic rings. The second-order valence-corrected chi connectivity index (χ2v) is 7.42. The molecule has 2 N–H and O–H groups in total. The number of likely N-dealkylation sites (tertiary alicyclic amines) is 1. The Bertz CT molecular complexity index is 520. The summed E-state index contributed by atoms with van der Waals surface area (Å²) in [6.45, 7) is 10.0. The van der Waals surface area contributed by atoms with Gasteiger partial charge in [0.15, 0.2) is 0 Å². The number of ether oxygens (including phenoxy) is 1. The molecule has 1 aromatic carbocycles. The first-order valence-corrected chi connectivity index (χ1v) is 8.81. The molecule has 1 aromatic rings. The van der Waals surface area contributed by atoms with Crippen LogP contribution in [0.25, 0.3) is 0 Å². The second-order valence-electron chi connectivity index (χ2n) is 7.42. The number of nitrogens with two attached hydrogens (primary N) is 1. The van der Waals surface area contributed by atoms with Crippen LogP contribution in [0.2, 0.25) is 0 Å². The van der Waals surface area contributed by atoms with Crippen LogP contribution < -0.4 is 10.5 Å². The molecular weight excluding hydrogens is 272 g/mol. The van der Waals surface area contributed by atoms with Crippen molar-refractivity contribution in [1.29, 1.82) is 0 Å². The second kappa shape index (κ2) is 6.21. The SMILES string of the molecule is CCc1ccc2c(c1)C(N)C(CN1CCCCC1)C(C)(C)O2. The van der Waals surface area contributed by atoms with Crippen LogP contribution in [0.1, 0.15) is 57.2 Å². The summed E-state index contributed by atoms with van der Waals surface area (Å²) in [5, 5.41) is 0. The van der Waals surface area contributed by atoms with E-state index in [4.69, 9.17) is 10.5 Å². The standard InChI is InChI=1S/C19H30N2O/c1-4-14-8-9-17-15(12-14)18(20)16(19(2,3)22-17)13-21-10-6-5-7-11-21/h8-9,12,16,18H,4-7,10-11,13,20H2,1-3H3. The third kappa shape index (κ3) is 3.02. The average Bonchev–Trinajstić information content (AvgIpc) is 2.52. The maximum Gasteiger partial charge on any atom is 0.124 e. The number of aryl methyl sites for hydroxylation is 1. The Kier molecular flexibility index (Phi) is 4.47. The van der Waals surface area contributed by atoms with Gasteiger partial charge in [-0.15, -0.1) is 0 Å². The normalized spacial score (nSPS) is 28.0. The van der Waals surface area contributed by atoms with E-state index in [2.05, 4.69) is 43.9 Å². The van der Waals surface area contributed by atoms with Gasteiger partial charge in [-0.3, -0.25) is 0 Å². The Morgan fingerprint density at radius 1 is 1.23 bits per heavy atom. The summed E-state index contributed by atoms with van der Waals surface area (Å²) in [6.07, 6.45) is 5.05. The van der Waals surface area contributed by atoms with Gasteiger partial charge in [0.1, 0.15) is 11.4 Å². The van der Waals surface area contributed by atoms with E-state index in [-0.39, 0.29) is 11.6 Å². The van der Waals surface area contributed by atoms with Gasteiger partial charge in [-0.2, -0.15) is 0 Å². The average molecular weight is 302 g/mol. The summed E-state index contributed by atoms with van der Waals surface area (Å²) in [7, 11) is 0. The van der Waals surface area contributed by atoms with Crippen molar-refractivity contribution in [2.24, 2.45) is 11.7 Å². The molecule has 0 spiro atoms. The van der Waals surface area contributed by atoms with Crippen LogP contribution in [0.15, 0.2) is 18.2 Å². The minimum Gasteiger partial charge on any atom is -0.487 e. The predicted octanol–water partition coefficient (Wildman–Crippen LogP) is 3.52. The molecule has 0 aromatic heterocycles. The van der Waals surface area contributed by atoms with Crippen molar-refractivity contribution in [1.82, 2.24) is 4.90 Å². The first-order chi connectivity index (χ1) is 10.5. The number of fused-ring (bicyclic) bond motifs is 1. The topological polar surface area (TPSA) is 38.5 Å². The maximum atomic E-state index is 6.70. The molecule has 1 saturated heterocycles. The van der Waals surface area contributed by atoms with Gasteiger partial charge in [-0.05, 0) is 57.8 Å². The van der Waals surface area contributed by atoms with Crippen LogP contribution >= 0.6 is 0 Å². The smallest absolute Gasteiger partial charge is 0.124 e. The molecule has 0 aliphatic carbocycles. The quantitative estimate of drug-likeness (QED) is 0.928. The fourth-order valence-electron chi connectivity index (χ4n) is 3.93. The van der Waals surface area contributed by atoms with Gasteiger partial charge in [0, 0.05) is 24.1 Å². The van der Waals surface area contributed by atoms with Crippen LogP contribution in [-0.4, -0.2) is 30.1 Å². The van der Waals surface area contributed by atoms with E-state index in [0.717, 1.165) is 18.7 Å². The number of piperidine rings is 1. The highest BCUT2D eigenvalue weighted by Crippen LogP contribution is 2.43. The number of hydrogen-bond donors (Lipinski definition) is 1. The molecule has 0 bridgehead atoms. The number of rotatable bonds is 3. The highest BCUT2D eigenvalue weighted by molar-refractivity contribution is 5.42. The Hall–Kier alpha value is -1.06. The minimum atomic E-state index is -0.211. The first kappa shape index (κ1) is 15.8. The molecule has 2 atom stereocenters. The van der Waals surface area contributed by atoms with Crippen molar-refractivity contribution in [2.45, 2.75) is 58.1 Å². The lowest BCUT2D eigenvalue weighted by atomic mass is 9.78. The molecule has 3 rings (SSSR count). The van der Waals surface area contributed by atoms with Gasteiger partial charge in [0.25, 0.3) is 0 Å². The van der Waals surface area contributed by atoms with E-state index < -0.39 is 0 Å². The lowest BCUT2D eigenvalue weighted by molar-refractivity contribution is -0.00915. The zero-order chi connectivity index (χ0) is 15.7. The largest absolute Gasteiger partial charge is 0.487 e. The fourth-order valence-corrected chi connectivity index (χ4v) is 3.93. The van der Waals surface area contributed by atoms with E-state index in [1.165, 1.54) is 43.5 Å². The zero-order valence-electron chi connectivity index (χ0n) is 14.3. The molecule has 22 heavy (non-hydrogen) atoms. The third-order valence-corrected chi connectivity index (χ3v) is 5.44. The van der Waals surface area contributed by atoms with Gasteiger partial charge in [0.2, 0.25) is 0 Å². The van der Waals surface area contributed by atoms with Gasteiger partial charge >= 0.3 is 0 Å². The van der Waals surface area contributed by atoms with Gasteiger partial charge in [0.05, 0.1) is 0 Å². The molecule has 122 valence electrons. The Balaban J connectivity index is 1.85. The Labute approximate surface area is 134 Å². The highest BCUT2D eigenvalue weighted by atomic mass is 16.5. The summed E-state index contributed by atoms with van der Waals surface area (Å²) >= 11 is 0. The lowest BCUT2D eigenvalue weighted by Gasteiger charge is -2.46. The minimum absolute atomic E-state index is 0.0622. The lowest BCUT2D eigenvalue weighted by Crippen LogP contribution is -2.52. The number of hydrogen-bond acceptors (Lipinski definition) is 3. The highest BCUT2D eigenvalue weighted by Gasteiger charge is 2.43. The fraction of sp³-hybridized carbons (Fsp3) is 0.684. The van der Waals surface area contributed by atoms with E-state index in [1.807, 2.05) is 0 Å². The van der Waals surface area contributed by atoms with E-state index >= 15 is 0 Å². The molecule has 0 amide bonds. The van der Waals surface area contributed by atoms with E-state index in [1.54, 1.807) is 0 Å².